The van der Waals surface area contributed by atoms with Gasteiger partial charge in [-0.25, -0.2) is 0 Å². The number of rotatable bonds is 7. The second-order valence-corrected chi connectivity index (χ2v) is 13.5. The number of likely N-dealkylation sites (N-methyl/N-ethyl adjacent to an activating group) is 1. The Bertz CT molecular complexity index is 1910. The van der Waals surface area contributed by atoms with E-state index in [1.807, 2.05) is 12.1 Å². The summed E-state index contributed by atoms with van der Waals surface area (Å²) in [6.07, 6.45) is 13.2. The molecule has 2 fully saturated rings. The van der Waals surface area contributed by atoms with E-state index in [4.69, 9.17) is 9.47 Å². The van der Waals surface area contributed by atoms with Crippen LogP contribution in [0, 0.1) is 11.3 Å². The van der Waals surface area contributed by atoms with E-state index in [0.717, 1.165) is 42.9 Å². The fourth-order valence-corrected chi connectivity index (χ4v) is 8.04. The minimum atomic E-state index is -0.0443. The summed E-state index contributed by atoms with van der Waals surface area (Å²) >= 11 is 0. The predicted octanol–water partition coefficient (Wildman–Crippen LogP) is 9.20. The number of fused-ring (bicyclic) bond motifs is 3. The lowest BCUT2D eigenvalue weighted by Gasteiger charge is -2.32. The van der Waals surface area contributed by atoms with Gasteiger partial charge in [0, 0.05) is 34.3 Å². The highest BCUT2D eigenvalue weighted by atomic mass is 16.5. The van der Waals surface area contributed by atoms with Crippen molar-refractivity contribution in [3.8, 4) is 23.3 Å². The van der Waals surface area contributed by atoms with Gasteiger partial charge >= 0.3 is 0 Å². The Morgan fingerprint density at radius 2 is 1.67 bits per heavy atom. The zero-order valence-electron chi connectivity index (χ0n) is 26.6. The lowest BCUT2D eigenvalue weighted by molar-refractivity contribution is 0.155. The second kappa shape index (κ2) is 12.3. The van der Waals surface area contributed by atoms with E-state index < -0.39 is 0 Å². The highest BCUT2D eigenvalue weighted by molar-refractivity contribution is 5.86. The van der Waals surface area contributed by atoms with E-state index in [1.54, 1.807) is 0 Å². The van der Waals surface area contributed by atoms with Gasteiger partial charge in [-0.3, -0.25) is 0 Å². The van der Waals surface area contributed by atoms with Gasteiger partial charge in [-0.15, -0.1) is 0 Å². The summed E-state index contributed by atoms with van der Waals surface area (Å²) in [5, 5.41) is 10.6. The number of likely N-dealkylation sites (tertiary alicyclic amines) is 1. The summed E-state index contributed by atoms with van der Waals surface area (Å²) in [5.41, 5.74) is 8.08. The first-order chi connectivity index (χ1) is 22.6. The molecule has 0 N–H and O–H groups in total. The summed E-state index contributed by atoms with van der Waals surface area (Å²) in [7, 11) is 2.27. The van der Waals surface area contributed by atoms with E-state index in [0.29, 0.717) is 17.7 Å². The molecule has 1 saturated carbocycles. The van der Waals surface area contributed by atoms with Crippen LogP contribution in [0.2, 0.25) is 0 Å². The number of nitriles is 1. The Hall–Kier alpha value is -4.53. The third-order valence-electron chi connectivity index (χ3n) is 10.5. The fourth-order valence-electron chi connectivity index (χ4n) is 8.04. The molecule has 3 heterocycles. The van der Waals surface area contributed by atoms with Crippen molar-refractivity contribution >= 4 is 10.9 Å². The Morgan fingerprint density at radius 3 is 2.48 bits per heavy atom. The zero-order chi connectivity index (χ0) is 31.0. The number of nitrogens with zero attached hydrogens (tertiary/aromatic N) is 3. The monoisotopic (exact) mass is 607 g/mol. The molecule has 3 aliphatic rings. The molecule has 2 atom stereocenters. The highest BCUT2D eigenvalue weighted by Gasteiger charge is 2.33. The molecule has 0 unspecified atom stereocenters. The molecule has 2 aliphatic heterocycles. The van der Waals surface area contributed by atoms with E-state index in [-0.39, 0.29) is 6.04 Å². The van der Waals surface area contributed by atoms with Gasteiger partial charge in [0.15, 0.2) is 0 Å². The molecule has 46 heavy (non-hydrogen) atoms. The molecule has 0 bridgehead atoms. The number of aromatic nitrogens is 1. The standard InChI is InChI=1S/C41H41N3O2/c1-43-22-8-10-32(43)24-31-27-44(37-21-20-34(25-36(31)37)45-33-11-3-2-4-12-33)41-35-13-5-6-14-38(35)46-39-15-7-9-30(40(39)41)23-28-16-18-29(26-42)19-17-28/h5-7,9,13-21,25,27,32-33,41H,2-4,8,10-12,22-24H2,1H3/t32-,41+/m0/s1. The number of hydrogen-bond acceptors (Lipinski definition) is 4. The van der Waals surface area contributed by atoms with Crippen molar-refractivity contribution in [2.24, 2.45) is 0 Å². The molecule has 0 spiro atoms. The molecule has 5 aromatic rings. The van der Waals surface area contributed by atoms with Gasteiger partial charge in [0.2, 0.25) is 0 Å². The summed E-state index contributed by atoms with van der Waals surface area (Å²) < 4.78 is 15.7. The van der Waals surface area contributed by atoms with Crippen molar-refractivity contribution in [1.29, 1.82) is 5.26 Å². The zero-order valence-corrected chi connectivity index (χ0v) is 26.6. The second-order valence-electron chi connectivity index (χ2n) is 13.5. The summed E-state index contributed by atoms with van der Waals surface area (Å²) in [6.45, 7) is 1.17. The maximum Gasteiger partial charge on any atom is 0.133 e. The lowest BCUT2D eigenvalue weighted by Crippen LogP contribution is -2.26. The van der Waals surface area contributed by atoms with Crippen molar-refractivity contribution < 1.29 is 9.47 Å². The maximum atomic E-state index is 9.34. The predicted molar refractivity (Wildman–Crippen MR) is 183 cm³/mol. The number of hydrogen-bond donors (Lipinski definition) is 0. The SMILES string of the molecule is CN1CCC[C@H]1Cc1cn([C@@H]2c3ccccc3Oc3cccc(Cc4ccc(C#N)cc4)c32)c2ccc(OC3CCCCC3)cc12. The molecule has 1 aliphatic carbocycles. The van der Waals surface area contributed by atoms with Crippen molar-refractivity contribution in [2.45, 2.75) is 76.0 Å². The van der Waals surface area contributed by atoms with Crippen LogP contribution >= 0.6 is 0 Å². The summed E-state index contributed by atoms with van der Waals surface area (Å²) in [4.78, 5) is 2.53. The first-order valence-corrected chi connectivity index (χ1v) is 17.0. The van der Waals surface area contributed by atoms with Gasteiger partial charge in [0.25, 0.3) is 0 Å². The molecule has 232 valence electrons. The molecule has 0 amide bonds. The maximum absolute atomic E-state index is 9.34. The average molecular weight is 608 g/mol. The quantitative estimate of drug-likeness (QED) is 0.182. The molecule has 1 aromatic heterocycles. The lowest BCUT2D eigenvalue weighted by atomic mass is 9.88. The van der Waals surface area contributed by atoms with Gasteiger partial charge in [0.1, 0.15) is 17.2 Å². The minimum Gasteiger partial charge on any atom is -0.490 e. The van der Waals surface area contributed by atoms with Crippen molar-refractivity contribution in [1.82, 2.24) is 9.47 Å². The van der Waals surface area contributed by atoms with Crippen LogP contribution in [-0.2, 0) is 12.8 Å². The molecule has 4 aromatic carbocycles. The first kappa shape index (κ1) is 28.9. The molecule has 8 rings (SSSR count). The first-order valence-electron chi connectivity index (χ1n) is 17.0. The van der Waals surface area contributed by atoms with E-state index in [9.17, 15) is 5.26 Å². The van der Waals surface area contributed by atoms with Crippen LogP contribution in [0.25, 0.3) is 10.9 Å². The molecular weight excluding hydrogens is 566 g/mol. The van der Waals surface area contributed by atoms with E-state index in [2.05, 4.69) is 102 Å². The smallest absolute Gasteiger partial charge is 0.133 e. The van der Waals surface area contributed by atoms with Gasteiger partial charge in [-0.1, -0.05) is 48.9 Å². The van der Waals surface area contributed by atoms with Crippen LogP contribution in [0.5, 0.6) is 17.2 Å². The third kappa shape index (κ3) is 5.46. The van der Waals surface area contributed by atoms with Crippen molar-refractivity contribution in [3.05, 3.63) is 125 Å². The van der Waals surface area contributed by atoms with Crippen molar-refractivity contribution in [2.75, 3.05) is 13.6 Å². The molecular formula is C41H41N3O2. The van der Waals surface area contributed by atoms with Gasteiger partial charge in [0.05, 0.1) is 23.8 Å². The Balaban J connectivity index is 1.27. The van der Waals surface area contributed by atoms with E-state index >= 15 is 0 Å². The molecule has 5 heteroatoms. The normalized spacial score (nSPS) is 19.7. The Morgan fingerprint density at radius 1 is 0.848 bits per heavy atom. The summed E-state index contributed by atoms with van der Waals surface area (Å²) in [6, 6.07) is 32.4. The average Bonchev–Trinajstić information content (AvgIpc) is 3.66. The minimum absolute atomic E-state index is 0.0443. The van der Waals surface area contributed by atoms with Crippen LogP contribution in [0.15, 0.2) is 91.1 Å². The highest BCUT2D eigenvalue weighted by Crippen LogP contribution is 2.48. The van der Waals surface area contributed by atoms with Gasteiger partial charge in [-0.2, -0.15) is 5.26 Å². The van der Waals surface area contributed by atoms with Crippen LogP contribution in [-0.4, -0.2) is 35.2 Å². The number of para-hydroxylation sites is 1. The van der Waals surface area contributed by atoms with Crippen molar-refractivity contribution in [3.63, 3.8) is 0 Å². The van der Waals surface area contributed by atoms with Gasteiger partial charge in [-0.05, 0) is 124 Å². The topological polar surface area (TPSA) is 50.4 Å². The summed E-state index contributed by atoms with van der Waals surface area (Å²) in [5.74, 6) is 2.81. The van der Waals surface area contributed by atoms with Crippen LogP contribution < -0.4 is 9.47 Å². The molecule has 0 radical (unpaired) electrons. The molecule has 1 saturated heterocycles. The largest absolute Gasteiger partial charge is 0.490 e. The Labute approximate surface area is 272 Å². The van der Waals surface area contributed by atoms with E-state index in [1.165, 1.54) is 77.4 Å². The number of ether oxygens (including phenoxy) is 2. The molecule has 5 nitrogen and oxygen atoms in total. The third-order valence-corrected chi connectivity index (χ3v) is 10.5. The van der Waals surface area contributed by atoms with Gasteiger partial charge < -0.3 is 18.9 Å². The Kier molecular flexibility index (Phi) is 7.76. The fraction of sp³-hybridized carbons (Fsp3) is 0.341. The number of benzene rings is 4. The van der Waals surface area contributed by atoms with Crippen LogP contribution in [0.1, 0.15) is 84.4 Å². The van der Waals surface area contributed by atoms with Crippen LogP contribution in [0.4, 0.5) is 0 Å². The van der Waals surface area contributed by atoms with Crippen LogP contribution in [0.3, 0.4) is 0 Å².